The number of hydrogen-bond donors (Lipinski definition) is 0. The number of carbonyl (C=O) groups excluding carboxylic acids is 1. The van der Waals surface area contributed by atoms with E-state index < -0.39 is 0 Å². The molecule has 8 heteroatoms. The molecule has 0 N–H and O–H groups in total. The van der Waals surface area contributed by atoms with Gasteiger partial charge >= 0.3 is 0 Å². The smallest absolute Gasteiger partial charge is 0.242 e. The fourth-order valence-corrected chi connectivity index (χ4v) is 4.60. The molecule has 0 spiro atoms. The molecule has 1 aliphatic heterocycles. The Balaban J connectivity index is 1.63. The number of hydrogen-bond acceptors (Lipinski definition) is 3. The van der Waals surface area contributed by atoms with Gasteiger partial charge in [-0.15, -0.1) is 0 Å². The lowest BCUT2D eigenvalue weighted by Crippen LogP contribution is -2.26. The molecule has 0 fully saturated rings. The number of nitrogens with zero attached hydrogens (tertiary/aromatic N) is 4. The second-order valence-corrected chi connectivity index (χ2v) is 9.46. The molecule has 0 bridgehead atoms. The number of para-hydroxylation sites is 1. The molecule has 1 unspecified atom stereocenters. The highest BCUT2D eigenvalue weighted by Gasteiger charge is 2.35. The molecule has 176 valence electrons. The molecule has 2 heterocycles. The highest BCUT2D eigenvalue weighted by Crippen LogP contribution is 2.39. The molecule has 1 amide bonds. The molecule has 5 rings (SSSR count). The van der Waals surface area contributed by atoms with Crippen molar-refractivity contribution in [3.63, 3.8) is 0 Å². The van der Waals surface area contributed by atoms with E-state index in [2.05, 4.69) is 0 Å². The second kappa shape index (κ2) is 9.86. The zero-order valence-electron chi connectivity index (χ0n) is 18.8. The molecule has 1 atom stereocenters. The van der Waals surface area contributed by atoms with Crippen LogP contribution in [-0.4, -0.2) is 26.4 Å². The Hall–Kier alpha value is -3.12. The van der Waals surface area contributed by atoms with Gasteiger partial charge in [0.1, 0.15) is 0 Å². The number of amides is 1. The monoisotopic (exact) mass is 522 g/mol. The van der Waals surface area contributed by atoms with Gasteiger partial charge in [-0.3, -0.25) is 4.79 Å². The third kappa shape index (κ3) is 4.72. The van der Waals surface area contributed by atoms with Crippen LogP contribution in [0.25, 0.3) is 16.9 Å². The van der Waals surface area contributed by atoms with Crippen molar-refractivity contribution < 1.29 is 4.79 Å². The van der Waals surface area contributed by atoms with Gasteiger partial charge in [-0.2, -0.15) is 10.2 Å². The third-order valence-electron chi connectivity index (χ3n) is 5.96. The number of aromatic nitrogens is 2. The maximum atomic E-state index is 13.0. The average Bonchev–Trinajstić information content (AvgIpc) is 3.51. The molecule has 0 saturated carbocycles. The van der Waals surface area contributed by atoms with Crippen LogP contribution >= 0.6 is 34.8 Å². The molecule has 1 aromatic heterocycles. The van der Waals surface area contributed by atoms with Crippen molar-refractivity contribution in [2.45, 2.75) is 25.8 Å². The van der Waals surface area contributed by atoms with Crippen LogP contribution < -0.4 is 0 Å². The lowest BCUT2D eigenvalue weighted by Gasteiger charge is -2.21. The summed E-state index contributed by atoms with van der Waals surface area (Å²) in [5.41, 5.74) is 5.07. The van der Waals surface area contributed by atoms with Crippen molar-refractivity contribution in [1.82, 2.24) is 14.8 Å². The minimum atomic E-state index is -0.324. The van der Waals surface area contributed by atoms with Gasteiger partial charge in [0.2, 0.25) is 5.91 Å². The molecular formula is C27H21Cl3N4O. The van der Waals surface area contributed by atoms with Gasteiger partial charge in [-0.05, 0) is 42.0 Å². The summed E-state index contributed by atoms with van der Waals surface area (Å²) in [6.07, 6.45) is 2.85. The first-order valence-electron chi connectivity index (χ1n) is 11.2. The van der Waals surface area contributed by atoms with Gasteiger partial charge in [0, 0.05) is 35.2 Å². The second-order valence-electron chi connectivity index (χ2n) is 8.21. The Morgan fingerprint density at radius 3 is 2.34 bits per heavy atom. The van der Waals surface area contributed by atoms with Crippen LogP contribution in [0.15, 0.2) is 84.1 Å². The fraction of sp³-hybridized carbons (Fsp3) is 0.148. The zero-order valence-corrected chi connectivity index (χ0v) is 21.1. The van der Waals surface area contributed by atoms with Crippen LogP contribution in [0.2, 0.25) is 15.1 Å². The molecule has 3 aromatic carbocycles. The van der Waals surface area contributed by atoms with Crippen molar-refractivity contribution >= 4 is 46.4 Å². The van der Waals surface area contributed by atoms with E-state index >= 15 is 0 Å². The molecule has 35 heavy (non-hydrogen) atoms. The van der Waals surface area contributed by atoms with E-state index in [0.29, 0.717) is 27.9 Å². The van der Waals surface area contributed by atoms with Crippen molar-refractivity contribution in [1.29, 1.82) is 0 Å². The largest absolute Gasteiger partial charge is 0.273 e. The number of carbonyl (C=O) groups is 1. The molecule has 4 aromatic rings. The van der Waals surface area contributed by atoms with Crippen LogP contribution in [0.5, 0.6) is 0 Å². The summed E-state index contributed by atoms with van der Waals surface area (Å²) in [5.74, 6) is -0.0634. The summed E-state index contributed by atoms with van der Waals surface area (Å²) in [6, 6.07) is 22.4. The van der Waals surface area contributed by atoms with Crippen molar-refractivity contribution in [3.8, 4) is 16.9 Å². The lowest BCUT2D eigenvalue weighted by atomic mass is 9.96. The van der Waals surface area contributed by atoms with Crippen LogP contribution in [0.4, 0.5) is 0 Å². The van der Waals surface area contributed by atoms with Crippen LogP contribution in [0, 0.1) is 0 Å². The van der Waals surface area contributed by atoms with Crippen LogP contribution in [-0.2, 0) is 4.79 Å². The Morgan fingerprint density at radius 2 is 1.66 bits per heavy atom. The quantitative estimate of drug-likeness (QED) is 0.271. The summed E-state index contributed by atoms with van der Waals surface area (Å²) < 4.78 is 1.82. The van der Waals surface area contributed by atoms with Gasteiger partial charge < -0.3 is 0 Å². The number of benzene rings is 3. The summed E-state index contributed by atoms with van der Waals surface area (Å²) in [5, 5.41) is 12.8. The minimum Gasteiger partial charge on any atom is -0.273 e. The van der Waals surface area contributed by atoms with E-state index in [4.69, 9.17) is 45.0 Å². The maximum absolute atomic E-state index is 13.0. The predicted octanol–water partition coefficient (Wildman–Crippen LogP) is 7.59. The number of halogens is 3. The highest BCUT2D eigenvalue weighted by molar-refractivity contribution is 6.42. The van der Waals surface area contributed by atoms with Gasteiger partial charge in [0.15, 0.2) is 0 Å². The first-order valence-corrected chi connectivity index (χ1v) is 12.3. The Morgan fingerprint density at radius 1 is 0.943 bits per heavy atom. The van der Waals surface area contributed by atoms with Gasteiger partial charge in [0.05, 0.1) is 33.2 Å². The fourth-order valence-electron chi connectivity index (χ4n) is 4.17. The topological polar surface area (TPSA) is 50.5 Å². The highest BCUT2D eigenvalue weighted by atomic mass is 35.5. The van der Waals surface area contributed by atoms with E-state index in [-0.39, 0.29) is 11.9 Å². The van der Waals surface area contributed by atoms with Crippen molar-refractivity contribution in [3.05, 3.63) is 105 Å². The van der Waals surface area contributed by atoms with Crippen LogP contribution in [0.1, 0.15) is 36.9 Å². The van der Waals surface area contributed by atoms with E-state index in [1.54, 1.807) is 17.1 Å². The first-order chi connectivity index (χ1) is 16.9. The molecular weight excluding hydrogens is 503 g/mol. The van der Waals surface area contributed by atoms with Gasteiger partial charge in [-0.1, -0.05) is 78.1 Å². The average molecular weight is 524 g/mol. The van der Waals surface area contributed by atoms with E-state index in [0.717, 1.165) is 33.8 Å². The molecule has 5 nitrogen and oxygen atoms in total. The zero-order chi connectivity index (χ0) is 24.5. The predicted molar refractivity (Wildman–Crippen MR) is 142 cm³/mol. The third-order valence-corrected chi connectivity index (χ3v) is 6.95. The Kier molecular flexibility index (Phi) is 6.65. The SMILES string of the molecule is CCC(=O)N1N=C(c2ccc(Cl)cc2)CC1c1cn(-c2ccccc2)nc1-c1ccc(Cl)c(Cl)c1. The normalized spacial score (nSPS) is 15.4. The number of hydrazone groups is 1. The summed E-state index contributed by atoms with van der Waals surface area (Å²) in [7, 11) is 0. The number of rotatable bonds is 5. The molecule has 1 aliphatic rings. The van der Waals surface area contributed by atoms with Gasteiger partial charge in [-0.25, -0.2) is 9.69 Å². The lowest BCUT2D eigenvalue weighted by molar-refractivity contribution is -0.132. The van der Waals surface area contributed by atoms with Gasteiger partial charge in [0.25, 0.3) is 0 Å². The summed E-state index contributed by atoms with van der Waals surface area (Å²) >= 11 is 18.6. The molecule has 0 saturated heterocycles. The maximum Gasteiger partial charge on any atom is 0.242 e. The molecule has 0 aliphatic carbocycles. The first kappa shape index (κ1) is 23.6. The van der Waals surface area contributed by atoms with E-state index in [9.17, 15) is 4.79 Å². The van der Waals surface area contributed by atoms with E-state index in [1.165, 1.54) is 0 Å². The summed E-state index contributed by atoms with van der Waals surface area (Å²) in [4.78, 5) is 13.0. The van der Waals surface area contributed by atoms with Crippen LogP contribution in [0.3, 0.4) is 0 Å². The Labute approximate surface area is 218 Å². The molecule has 0 radical (unpaired) electrons. The summed E-state index contributed by atoms with van der Waals surface area (Å²) in [6.45, 7) is 1.84. The van der Waals surface area contributed by atoms with E-state index in [1.807, 2.05) is 78.5 Å². The Bertz CT molecular complexity index is 1410. The van der Waals surface area contributed by atoms with Crippen molar-refractivity contribution in [2.75, 3.05) is 0 Å². The minimum absolute atomic E-state index is 0.0634. The van der Waals surface area contributed by atoms with Crippen molar-refractivity contribution in [2.24, 2.45) is 5.10 Å². The standard InChI is InChI=1S/C27H21Cl3N4O/c1-2-26(35)34-25(15-24(31-34)17-8-11-19(28)12-9-17)21-16-33(20-6-4-3-5-7-20)32-27(21)18-10-13-22(29)23(30)14-18/h3-14,16,25H,2,15H2,1H3.